The van der Waals surface area contributed by atoms with Crippen molar-refractivity contribution in [1.29, 1.82) is 0 Å². The molecule has 3 aromatic heterocycles. The molecule has 0 saturated carbocycles. The number of thiophene rings is 1. The first-order chi connectivity index (χ1) is 13.8. The van der Waals surface area contributed by atoms with Crippen LogP contribution in [0.5, 0.6) is 0 Å². The Hall–Kier alpha value is -2.83. The molecule has 0 amide bonds. The molecule has 152 valence electrons. The molecule has 4 rings (SSSR count). The van der Waals surface area contributed by atoms with Crippen LogP contribution in [0.4, 0.5) is 16.0 Å². The van der Waals surface area contributed by atoms with Crippen LogP contribution in [0.15, 0.2) is 45.4 Å². The predicted molar refractivity (Wildman–Crippen MR) is 108 cm³/mol. The Morgan fingerprint density at radius 1 is 1.07 bits per heavy atom. The molecular formula is C17H17FN6O3S2. The van der Waals surface area contributed by atoms with E-state index >= 15 is 0 Å². The van der Waals surface area contributed by atoms with Crippen LogP contribution in [0.1, 0.15) is 0 Å². The summed E-state index contributed by atoms with van der Waals surface area (Å²) < 4.78 is 41.5. The number of sulfonamides is 1. The van der Waals surface area contributed by atoms with Crippen molar-refractivity contribution >= 4 is 33.0 Å². The zero-order valence-corrected chi connectivity index (χ0v) is 16.7. The summed E-state index contributed by atoms with van der Waals surface area (Å²) in [7, 11) is -3.69. The lowest BCUT2D eigenvalue weighted by atomic mass is 10.3. The summed E-state index contributed by atoms with van der Waals surface area (Å²) in [6, 6.07) is 8.67. The summed E-state index contributed by atoms with van der Waals surface area (Å²) in [5, 5.41) is 6.25. The van der Waals surface area contributed by atoms with Crippen molar-refractivity contribution in [1.82, 2.24) is 19.5 Å². The number of halogens is 1. The fraction of sp³-hybridized carbons (Fsp3) is 0.235. The van der Waals surface area contributed by atoms with Crippen molar-refractivity contribution in [3.63, 3.8) is 0 Å². The van der Waals surface area contributed by atoms with Gasteiger partial charge in [0.25, 0.3) is 15.6 Å². The van der Waals surface area contributed by atoms with Crippen LogP contribution in [-0.2, 0) is 10.0 Å². The van der Waals surface area contributed by atoms with E-state index in [1.165, 1.54) is 34.6 Å². The van der Waals surface area contributed by atoms with Gasteiger partial charge in [-0.15, -0.1) is 11.3 Å². The number of nitrogens with two attached hydrogens (primary N) is 1. The van der Waals surface area contributed by atoms with Gasteiger partial charge in [-0.25, -0.2) is 22.9 Å². The second-order valence-electron chi connectivity index (χ2n) is 6.36. The van der Waals surface area contributed by atoms with Gasteiger partial charge in [-0.1, -0.05) is 0 Å². The van der Waals surface area contributed by atoms with E-state index < -0.39 is 15.8 Å². The van der Waals surface area contributed by atoms with E-state index in [1.807, 2.05) is 0 Å². The summed E-state index contributed by atoms with van der Waals surface area (Å²) in [6.07, 6.45) is 0. The molecule has 0 atom stereocenters. The van der Waals surface area contributed by atoms with Crippen molar-refractivity contribution in [2.45, 2.75) is 4.21 Å². The molecule has 0 spiro atoms. The summed E-state index contributed by atoms with van der Waals surface area (Å²) in [5.74, 6) is -0.158. The number of nitrogens with one attached hydrogen (secondary N) is 1. The number of piperazine rings is 1. The molecule has 0 aliphatic carbocycles. The zero-order chi connectivity index (χ0) is 20.6. The first-order valence-corrected chi connectivity index (χ1v) is 10.9. The molecular weight excluding hydrogens is 419 g/mol. The Morgan fingerprint density at radius 2 is 1.83 bits per heavy atom. The van der Waals surface area contributed by atoms with Gasteiger partial charge in [0.05, 0.1) is 4.88 Å². The summed E-state index contributed by atoms with van der Waals surface area (Å²) in [6.45, 7) is 0.989. The summed E-state index contributed by atoms with van der Waals surface area (Å²) in [4.78, 5) is 17.5. The Bertz CT molecular complexity index is 1180. The number of H-pyrrole nitrogens is 1. The minimum Gasteiger partial charge on any atom is -0.384 e. The van der Waals surface area contributed by atoms with Crippen molar-refractivity contribution in [3.8, 4) is 10.6 Å². The first-order valence-electron chi connectivity index (χ1n) is 8.68. The van der Waals surface area contributed by atoms with Gasteiger partial charge in [-0.2, -0.15) is 9.40 Å². The van der Waals surface area contributed by atoms with Gasteiger partial charge in [-0.3, -0.25) is 4.79 Å². The molecule has 29 heavy (non-hydrogen) atoms. The number of nitrogen functional groups attached to an aromatic ring is 1. The van der Waals surface area contributed by atoms with Gasteiger partial charge in [0.2, 0.25) is 0 Å². The van der Waals surface area contributed by atoms with Gasteiger partial charge < -0.3 is 10.6 Å². The maximum atomic E-state index is 14.0. The van der Waals surface area contributed by atoms with Crippen LogP contribution in [0.25, 0.3) is 10.6 Å². The average Bonchev–Trinajstić information content (AvgIpc) is 3.22. The molecule has 0 unspecified atom stereocenters. The Balaban J connectivity index is 1.50. The molecule has 1 saturated heterocycles. The summed E-state index contributed by atoms with van der Waals surface area (Å²) >= 11 is 1.08. The van der Waals surface area contributed by atoms with E-state index in [2.05, 4.69) is 15.2 Å². The lowest BCUT2D eigenvalue weighted by Crippen LogP contribution is -2.49. The third-order valence-electron chi connectivity index (χ3n) is 4.49. The molecule has 9 nitrogen and oxygen atoms in total. The minimum atomic E-state index is -3.69. The lowest BCUT2D eigenvalue weighted by molar-refractivity contribution is 0.383. The Labute approximate surface area is 169 Å². The highest BCUT2D eigenvalue weighted by Crippen LogP contribution is 2.31. The second kappa shape index (κ2) is 7.54. The third-order valence-corrected chi connectivity index (χ3v) is 7.97. The largest absolute Gasteiger partial charge is 0.384 e. The van der Waals surface area contributed by atoms with Crippen LogP contribution >= 0.6 is 11.3 Å². The normalized spacial score (nSPS) is 15.6. The smallest absolute Gasteiger partial charge is 0.264 e. The second-order valence-corrected chi connectivity index (χ2v) is 9.61. The van der Waals surface area contributed by atoms with Gasteiger partial charge in [-0.05, 0) is 30.3 Å². The van der Waals surface area contributed by atoms with Gasteiger partial charge >= 0.3 is 0 Å². The number of hydrogen-bond donors (Lipinski definition) is 2. The molecule has 12 heteroatoms. The van der Waals surface area contributed by atoms with Crippen molar-refractivity contribution in [2.24, 2.45) is 0 Å². The summed E-state index contributed by atoms with van der Waals surface area (Å²) in [5.41, 5.74) is 5.79. The highest BCUT2D eigenvalue weighted by Gasteiger charge is 2.31. The molecule has 4 heterocycles. The molecule has 0 aromatic carbocycles. The molecule has 3 aromatic rings. The number of pyridine rings is 1. The number of nitrogens with zero attached hydrogens (tertiary/aromatic N) is 4. The number of aromatic nitrogens is 3. The number of anilines is 2. The van der Waals surface area contributed by atoms with Crippen LogP contribution in [0.3, 0.4) is 0 Å². The van der Waals surface area contributed by atoms with E-state index in [-0.39, 0.29) is 34.5 Å². The Morgan fingerprint density at radius 3 is 2.52 bits per heavy atom. The quantitative estimate of drug-likeness (QED) is 0.628. The maximum absolute atomic E-state index is 14.0. The first kappa shape index (κ1) is 19.5. The van der Waals surface area contributed by atoms with E-state index in [1.54, 1.807) is 11.0 Å². The third kappa shape index (κ3) is 3.86. The van der Waals surface area contributed by atoms with Crippen LogP contribution in [0.2, 0.25) is 0 Å². The van der Waals surface area contributed by atoms with E-state index in [0.717, 1.165) is 11.3 Å². The van der Waals surface area contributed by atoms with Gasteiger partial charge in [0, 0.05) is 32.2 Å². The molecule has 3 N–H and O–H groups in total. The molecule has 1 aliphatic rings. The number of rotatable bonds is 4. The van der Waals surface area contributed by atoms with Crippen molar-refractivity contribution in [3.05, 3.63) is 52.6 Å². The molecule has 1 fully saturated rings. The number of hydrogen-bond acceptors (Lipinski definition) is 8. The fourth-order valence-electron chi connectivity index (χ4n) is 3.01. The van der Waals surface area contributed by atoms with E-state index in [0.29, 0.717) is 23.7 Å². The van der Waals surface area contributed by atoms with Gasteiger partial charge in [0.1, 0.15) is 15.7 Å². The number of aromatic amines is 1. The standard InChI is InChI=1S/C17H17FN6O3S2/c18-11-1-4-14(19)20-17(11)23-7-9-24(10-8-23)29(26,27)16-6-3-13(28-16)12-2-5-15(25)22-21-12/h1-6H,7-10H2,(H2,19,20)(H,22,25). The fourth-order valence-corrected chi connectivity index (χ4v) is 5.87. The van der Waals surface area contributed by atoms with Crippen LogP contribution in [0, 0.1) is 5.82 Å². The molecule has 0 radical (unpaired) electrons. The van der Waals surface area contributed by atoms with Crippen LogP contribution in [-0.4, -0.2) is 54.1 Å². The average molecular weight is 436 g/mol. The minimum absolute atomic E-state index is 0.129. The molecule has 0 bridgehead atoms. The molecule has 1 aliphatic heterocycles. The Kier molecular flexibility index (Phi) is 5.06. The monoisotopic (exact) mass is 436 g/mol. The maximum Gasteiger partial charge on any atom is 0.264 e. The van der Waals surface area contributed by atoms with Crippen molar-refractivity contribution < 1.29 is 12.8 Å². The van der Waals surface area contributed by atoms with Crippen molar-refractivity contribution in [2.75, 3.05) is 36.8 Å². The van der Waals surface area contributed by atoms with E-state index in [9.17, 15) is 17.6 Å². The zero-order valence-electron chi connectivity index (χ0n) is 15.1. The van der Waals surface area contributed by atoms with Gasteiger partial charge in [0.15, 0.2) is 11.6 Å². The SMILES string of the molecule is Nc1ccc(F)c(N2CCN(S(=O)(=O)c3ccc(-c4ccc(=O)[nH]n4)s3)CC2)n1. The highest BCUT2D eigenvalue weighted by atomic mass is 32.2. The highest BCUT2D eigenvalue weighted by molar-refractivity contribution is 7.91. The predicted octanol–water partition coefficient (Wildman–Crippen LogP) is 1.13. The lowest BCUT2D eigenvalue weighted by Gasteiger charge is -2.34. The van der Waals surface area contributed by atoms with E-state index in [4.69, 9.17) is 5.73 Å². The topological polar surface area (TPSA) is 125 Å². The van der Waals surface area contributed by atoms with Crippen LogP contribution < -0.4 is 16.2 Å².